The van der Waals surface area contributed by atoms with Crippen molar-refractivity contribution >= 4 is 0 Å². The van der Waals surface area contributed by atoms with Gasteiger partial charge in [-0.05, 0) is 67.2 Å². The fourth-order valence-corrected chi connectivity index (χ4v) is 5.36. The molecule has 0 spiro atoms. The quantitative estimate of drug-likeness (QED) is 0.568. The Morgan fingerprint density at radius 2 is 1.65 bits per heavy atom. The molecule has 1 heterocycles. The Bertz CT molecular complexity index is 777. The molecule has 0 N–H and O–H groups in total. The van der Waals surface area contributed by atoms with Crippen LogP contribution in [0.5, 0.6) is 0 Å². The maximum absolute atomic E-state index is 2.47. The average molecular weight is 349 g/mol. The minimum absolute atomic E-state index is 0.385. The maximum atomic E-state index is 2.47. The predicted octanol–water partition coefficient (Wildman–Crippen LogP) is 6.37. The Balaban J connectivity index is 1.63. The number of pyridine rings is 1. The van der Waals surface area contributed by atoms with E-state index in [-0.39, 0.29) is 0 Å². The van der Waals surface area contributed by atoms with Gasteiger partial charge in [0.2, 0.25) is 5.69 Å². The van der Waals surface area contributed by atoms with Crippen molar-refractivity contribution in [2.75, 3.05) is 0 Å². The van der Waals surface area contributed by atoms with Crippen molar-refractivity contribution in [1.29, 1.82) is 0 Å². The van der Waals surface area contributed by atoms with Crippen molar-refractivity contribution in [3.8, 4) is 11.3 Å². The molecule has 0 radical (unpaired) electrons. The number of hydrogen-bond acceptors (Lipinski definition) is 0. The van der Waals surface area contributed by atoms with E-state index < -0.39 is 0 Å². The third-order valence-electron chi connectivity index (χ3n) is 7.14. The van der Waals surface area contributed by atoms with Gasteiger partial charge in [-0.25, -0.2) is 4.57 Å². The molecule has 138 valence electrons. The van der Waals surface area contributed by atoms with E-state index >= 15 is 0 Å². The fraction of sp³-hybridized carbons (Fsp3) is 0.560. The van der Waals surface area contributed by atoms with Gasteiger partial charge in [-0.15, -0.1) is 0 Å². The molecule has 0 bridgehead atoms. The molecule has 1 aromatic carbocycles. The predicted molar refractivity (Wildman–Crippen MR) is 109 cm³/mol. The van der Waals surface area contributed by atoms with Crippen LogP contribution in [0, 0.1) is 6.92 Å². The minimum Gasteiger partial charge on any atom is -0.201 e. The van der Waals surface area contributed by atoms with E-state index in [9.17, 15) is 0 Å². The van der Waals surface area contributed by atoms with E-state index in [0.29, 0.717) is 5.41 Å². The highest BCUT2D eigenvalue weighted by molar-refractivity contribution is 5.62. The van der Waals surface area contributed by atoms with Gasteiger partial charge in [-0.1, -0.05) is 51.2 Å². The van der Waals surface area contributed by atoms with Crippen LogP contribution in [0.2, 0.25) is 0 Å². The van der Waals surface area contributed by atoms with Crippen LogP contribution in [-0.2, 0) is 12.5 Å². The number of hydrogen-bond donors (Lipinski definition) is 0. The Labute approximate surface area is 159 Å². The van der Waals surface area contributed by atoms with Gasteiger partial charge >= 0.3 is 0 Å². The largest absolute Gasteiger partial charge is 0.212 e. The summed E-state index contributed by atoms with van der Waals surface area (Å²) in [4.78, 5) is 0. The van der Waals surface area contributed by atoms with Gasteiger partial charge in [0.05, 0.1) is 0 Å². The molecule has 2 aromatic rings. The van der Waals surface area contributed by atoms with Gasteiger partial charge in [0.25, 0.3) is 0 Å². The van der Waals surface area contributed by atoms with Crippen LogP contribution in [0.1, 0.15) is 87.3 Å². The minimum atomic E-state index is 0.385. The third-order valence-corrected chi connectivity index (χ3v) is 7.14. The van der Waals surface area contributed by atoms with Gasteiger partial charge < -0.3 is 0 Å². The first-order chi connectivity index (χ1) is 12.6. The molecule has 0 unspecified atom stereocenters. The van der Waals surface area contributed by atoms with Gasteiger partial charge in [-0.3, -0.25) is 0 Å². The van der Waals surface area contributed by atoms with E-state index in [1.165, 1.54) is 80.2 Å². The molecule has 0 amide bonds. The summed E-state index contributed by atoms with van der Waals surface area (Å²) in [6, 6.07) is 12.0. The molecule has 26 heavy (non-hydrogen) atoms. The van der Waals surface area contributed by atoms with E-state index in [1.54, 1.807) is 5.56 Å². The number of aryl methyl sites for hydroxylation is 2. The van der Waals surface area contributed by atoms with Crippen LogP contribution in [0.25, 0.3) is 11.3 Å². The van der Waals surface area contributed by atoms with Gasteiger partial charge in [0.1, 0.15) is 7.05 Å². The molecule has 1 nitrogen and oxygen atoms in total. The summed E-state index contributed by atoms with van der Waals surface area (Å²) in [5, 5.41) is 0. The number of rotatable bonds is 3. The highest BCUT2D eigenvalue weighted by Gasteiger charge is 2.29. The maximum Gasteiger partial charge on any atom is 0.212 e. The second-order valence-electron chi connectivity index (χ2n) is 9.09. The number of benzene rings is 1. The molecule has 0 atom stereocenters. The Hall–Kier alpha value is -1.63. The molecular weight excluding hydrogens is 314 g/mol. The summed E-state index contributed by atoms with van der Waals surface area (Å²) in [5.41, 5.74) is 7.59. The van der Waals surface area contributed by atoms with Crippen molar-refractivity contribution in [1.82, 2.24) is 0 Å². The van der Waals surface area contributed by atoms with Crippen molar-refractivity contribution < 1.29 is 4.57 Å². The molecule has 2 aliphatic rings. The molecule has 1 heteroatoms. The second kappa shape index (κ2) is 7.18. The fourth-order valence-electron chi connectivity index (χ4n) is 5.36. The van der Waals surface area contributed by atoms with E-state index in [4.69, 9.17) is 0 Å². The SMILES string of the molecule is Cc1cc(C2(C)CCCCC2)ccc1-c1ccc(C2CCCC2)c[n+]1C. The number of nitrogens with zero attached hydrogens (tertiary/aromatic N) is 1. The second-order valence-corrected chi connectivity index (χ2v) is 9.09. The molecule has 0 saturated heterocycles. The summed E-state index contributed by atoms with van der Waals surface area (Å²) < 4.78 is 2.35. The van der Waals surface area contributed by atoms with E-state index in [1.807, 2.05) is 0 Å². The lowest BCUT2D eigenvalue weighted by Gasteiger charge is -2.34. The highest BCUT2D eigenvalue weighted by atomic mass is 14.9. The molecule has 4 rings (SSSR count). The molecule has 1 aromatic heterocycles. The summed E-state index contributed by atoms with van der Waals surface area (Å²) >= 11 is 0. The van der Waals surface area contributed by atoms with E-state index in [2.05, 4.69) is 62.0 Å². The van der Waals surface area contributed by atoms with Crippen LogP contribution in [0.4, 0.5) is 0 Å². The molecular formula is C25H34N+. The summed E-state index contributed by atoms with van der Waals surface area (Å²) in [7, 11) is 2.21. The molecule has 2 aliphatic carbocycles. The first-order valence-electron chi connectivity index (χ1n) is 10.7. The lowest BCUT2D eigenvalue weighted by Crippen LogP contribution is -2.32. The monoisotopic (exact) mass is 348 g/mol. The molecule has 2 fully saturated rings. The molecule has 0 aliphatic heterocycles. The van der Waals surface area contributed by atoms with Gasteiger partial charge in [-0.2, -0.15) is 0 Å². The zero-order valence-corrected chi connectivity index (χ0v) is 16.9. The summed E-state index contributed by atoms with van der Waals surface area (Å²) in [6.07, 6.45) is 14.8. The lowest BCUT2D eigenvalue weighted by atomic mass is 9.70. The van der Waals surface area contributed by atoms with Crippen LogP contribution >= 0.6 is 0 Å². The summed E-state index contributed by atoms with van der Waals surface area (Å²) in [5.74, 6) is 0.782. The smallest absolute Gasteiger partial charge is 0.201 e. The van der Waals surface area contributed by atoms with Gasteiger partial charge in [0, 0.05) is 17.2 Å². The van der Waals surface area contributed by atoms with Crippen molar-refractivity contribution in [3.05, 3.63) is 53.2 Å². The molecule has 2 saturated carbocycles. The standard InChI is InChI=1S/C25H34N/c1-19-17-22(25(2)15-7-4-8-16-25)12-13-23(19)24-14-11-21(18-26(24)3)20-9-5-6-10-20/h11-14,17-18,20H,4-10,15-16H2,1-3H3/q+1. The zero-order valence-electron chi connectivity index (χ0n) is 16.9. The number of aromatic nitrogens is 1. The Morgan fingerprint density at radius 3 is 2.31 bits per heavy atom. The highest BCUT2D eigenvalue weighted by Crippen LogP contribution is 2.40. The van der Waals surface area contributed by atoms with Crippen molar-refractivity contribution in [3.63, 3.8) is 0 Å². The topological polar surface area (TPSA) is 3.88 Å². The van der Waals surface area contributed by atoms with Crippen LogP contribution in [-0.4, -0.2) is 0 Å². The van der Waals surface area contributed by atoms with Crippen LogP contribution in [0.3, 0.4) is 0 Å². The van der Waals surface area contributed by atoms with Gasteiger partial charge in [0.15, 0.2) is 6.20 Å². The van der Waals surface area contributed by atoms with E-state index in [0.717, 1.165) is 5.92 Å². The third kappa shape index (κ3) is 3.33. The van der Waals surface area contributed by atoms with Crippen molar-refractivity contribution in [2.24, 2.45) is 7.05 Å². The van der Waals surface area contributed by atoms with Crippen molar-refractivity contribution in [2.45, 2.75) is 83.0 Å². The lowest BCUT2D eigenvalue weighted by molar-refractivity contribution is -0.660. The Morgan fingerprint density at radius 1 is 0.923 bits per heavy atom. The average Bonchev–Trinajstić information content (AvgIpc) is 3.17. The van der Waals surface area contributed by atoms with Crippen LogP contribution < -0.4 is 4.57 Å². The van der Waals surface area contributed by atoms with Crippen LogP contribution in [0.15, 0.2) is 36.5 Å². The first-order valence-corrected chi connectivity index (χ1v) is 10.7. The summed E-state index contributed by atoms with van der Waals surface area (Å²) in [6.45, 7) is 4.76. The Kier molecular flexibility index (Phi) is 4.90. The zero-order chi connectivity index (χ0) is 18.1. The first kappa shape index (κ1) is 17.8. The normalized spacial score (nSPS) is 20.4.